The number of rotatable bonds is 6. The van der Waals surface area contributed by atoms with E-state index in [1.54, 1.807) is 13.2 Å². The van der Waals surface area contributed by atoms with Gasteiger partial charge in [-0.15, -0.1) is 10.2 Å². The molecule has 0 N–H and O–H groups in total. The van der Waals surface area contributed by atoms with Gasteiger partial charge in [-0.2, -0.15) is 0 Å². The number of benzene rings is 2. The van der Waals surface area contributed by atoms with Gasteiger partial charge in [0.05, 0.1) is 13.5 Å². The molecule has 0 bridgehead atoms. The summed E-state index contributed by atoms with van der Waals surface area (Å²) >= 11 is 13.5. The van der Waals surface area contributed by atoms with Gasteiger partial charge in [0, 0.05) is 21.4 Å². The van der Waals surface area contributed by atoms with Gasteiger partial charge in [-0.3, -0.25) is 0 Å². The molecule has 0 atom stereocenters. The van der Waals surface area contributed by atoms with Crippen molar-refractivity contribution in [2.24, 2.45) is 0 Å². The highest BCUT2D eigenvalue weighted by Crippen LogP contribution is 2.28. The lowest BCUT2D eigenvalue weighted by molar-refractivity contribution is 0.400. The molecule has 0 unspecified atom stereocenters. The standard InChI is InChI=1S/C17H14Cl2N2O2S/c1-22-15-5-3-2-4-11(15)8-16-20-21-17(23-16)24-10-12-6-7-13(18)9-14(12)19/h2-7,9H,8,10H2,1H3. The molecule has 0 aliphatic carbocycles. The van der Waals surface area contributed by atoms with Gasteiger partial charge in [0.2, 0.25) is 5.89 Å². The molecule has 3 rings (SSSR count). The van der Waals surface area contributed by atoms with Crippen molar-refractivity contribution in [2.45, 2.75) is 17.4 Å². The van der Waals surface area contributed by atoms with Gasteiger partial charge in [-0.1, -0.05) is 59.2 Å². The maximum absolute atomic E-state index is 6.16. The highest BCUT2D eigenvalue weighted by atomic mass is 35.5. The predicted molar refractivity (Wildman–Crippen MR) is 96.1 cm³/mol. The van der Waals surface area contributed by atoms with Crippen molar-refractivity contribution >= 4 is 35.0 Å². The van der Waals surface area contributed by atoms with Crippen LogP contribution in [0.4, 0.5) is 0 Å². The quantitative estimate of drug-likeness (QED) is 0.545. The number of para-hydroxylation sites is 1. The number of nitrogens with zero attached hydrogens (tertiary/aromatic N) is 2. The Morgan fingerprint density at radius 3 is 2.71 bits per heavy atom. The van der Waals surface area contributed by atoms with Crippen molar-refractivity contribution in [3.05, 3.63) is 69.5 Å². The van der Waals surface area contributed by atoms with Crippen LogP contribution in [0.5, 0.6) is 5.75 Å². The first kappa shape index (κ1) is 17.1. The van der Waals surface area contributed by atoms with Crippen LogP contribution < -0.4 is 4.74 Å². The monoisotopic (exact) mass is 380 g/mol. The van der Waals surface area contributed by atoms with E-state index in [0.29, 0.717) is 33.3 Å². The third-order valence-corrected chi connectivity index (χ3v) is 4.80. The molecule has 0 amide bonds. The molecular weight excluding hydrogens is 367 g/mol. The molecule has 124 valence electrons. The predicted octanol–water partition coefficient (Wildman–Crippen LogP) is 5.27. The van der Waals surface area contributed by atoms with Crippen LogP contribution in [0.25, 0.3) is 0 Å². The van der Waals surface area contributed by atoms with Crippen molar-refractivity contribution in [2.75, 3.05) is 7.11 Å². The van der Waals surface area contributed by atoms with E-state index >= 15 is 0 Å². The van der Waals surface area contributed by atoms with E-state index in [4.69, 9.17) is 32.4 Å². The Hall–Kier alpha value is -1.69. The van der Waals surface area contributed by atoms with Crippen molar-refractivity contribution < 1.29 is 9.15 Å². The molecule has 0 radical (unpaired) electrons. The van der Waals surface area contributed by atoms with Gasteiger partial charge in [0.15, 0.2) is 0 Å². The molecule has 0 aliphatic rings. The fourth-order valence-electron chi connectivity index (χ4n) is 2.16. The van der Waals surface area contributed by atoms with Crippen LogP contribution >= 0.6 is 35.0 Å². The highest BCUT2D eigenvalue weighted by molar-refractivity contribution is 7.98. The van der Waals surface area contributed by atoms with Gasteiger partial charge < -0.3 is 9.15 Å². The van der Waals surface area contributed by atoms with Gasteiger partial charge in [0.25, 0.3) is 5.22 Å². The largest absolute Gasteiger partial charge is 0.496 e. The first-order valence-corrected chi connectivity index (χ1v) is 8.91. The molecule has 0 fully saturated rings. The Morgan fingerprint density at radius 2 is 1.92 bits per heavy atom. The summed E-state index contributed by atoms with van der Waals surface area (Å²) in [5.41, 5.74) is 1.97. The molecule has 0 aliphatic heterocycles. The van der Waals surface area contributed by atoms with Gasteiger partial charge in [0.1, 0.15) is 5.75 Å². The molecule has 3 aromatic rings. The summed E-state index contributed by atoms with van der Waals surface area (Å²) in [6.07, 6.45) is 0.527. The number of hydrogen-bond acceptors (Lipinski definition) is 5. The van der Waals surface area contributed by atoms with E-state index in [-0.39, 0.29) is 0 Å². The van der Waals surface area contributed by atoms with E-state index in [1.165, 1.54) is 11.8 Å². The zero-order valence-electron chi connectivity index (χ0n) is 12.8. The summed E-state index contributed by atoms with van der Waals surface area (Å²) < 4.78 is 11.0. The Kier molecular flexibility index (Phi) is 5.66. The molecule has 1 heterocycles. The number of methoxy groups -OCH3 is 1. The lowest BCUT2D eigenvalue weighted by atomic mass is 10.1. The molecule has 0 saturated heterocycles. The van der Waals surface area contributed by atoms with Crippen molar-refractivity contribution in [3.63, 3.8) is 0 Å². The van der Waals surface area contributed by atoms with E-state index in [1.807, 2.05) is 36.4 Å². The topological polar surface area (TPSA) is 48.2 Å². The number of halogens is 2. The third kappa shape index (κ3) is 4.23. The average molecular weight is 381 g/mol. The number of ether oxygens (including phenoxy) is 1. The zero-order chi connectivity index (χ0) is 16.9. The highest BCUT2D eigenvalue weighted by Gasteiger charge is 2.11. The SMILES string of the molecule is COc1ccccc1Cc1nnc(SCc2ccc(Cl)cc2Cl)o1. The molecule has 7 heteroatoms. The van der Waals surface area contributed by atoms with Crippen LogP contribution in [0.15, 0.2) is 52.1 Å². The van der Waals surface area contributed by atoms with Crippen LogP contribution in [-0.4, -0.2) is 17.3 Å². The van der Waals surface area contributed by atoms with E-state index < -0.39 is 0 Å². The number of hydrogen-bond donors (Lipinski definition) is 0. The Morgan fingerprint density at radius 1 is 1.08 bits per heavy atom. The third-order valence-electron chi connectivity index (χ3n) is 3.35. The normalized spacial score (nSPS) is 10.8. The van der Waals surface area contributed by atoms with Gasteiger partial charge in [-0.25, -0.2) is 0 Å². The molecular formula is C17H14Cl2N2O2S. The number of thioether (sulfide) groups is 1. The fraction of sp³-hybridized carbons (Fsp3) is 0.176. The van der Waals surface area contributed by atoms with Crippen LogP contribution in [0, 0.1) is 0 Å². The fourth-order valence-corrected chi connectivity index (χ4v) is 3.50. The first-order chi connectivity index (χ1) is 11.7. The van der Waals surface area contributed by atoms with E-state index in [2.05, 4.69) is 10.2 Å². The summed E-state index contributed by atoms with van der Waals surface area (Å²) in [6.45, 7) is 0. The van der Waals surface area contributed by atoms with Crippen LogP contribution in [0.2, 0.25) is 10.0 Å². The van der Waals surface area contributed by atoms with E-state index in [0.717, 1.165) is 16.9 Å². The average Bonchev–Trinajstić information content (AvgIpc) is 3.02. The first-order valence-electron chi connectivity index (χ1n) is 7.16. The number of aromatic nitrogens is 2. The van der Waals surface area contributed by atoms with Crippen LogP contribution in [0.1, 0.15) is 17.0 Å². The molecule has 24 heavy (non-hydrogen) atoms. The lowest BCUT2D eigenvalue weighted by Crippen LogP contribution is -1.93. The molecule has 4 nitrogen and oxygen atoms in total. The Bertz CT molecular complexity index is 839. The maximum atomic E-state index is 6.16. The Labute approximate surface area is 154 Å². The van der Waals surface area contributed by atoms with Crippen molar-refractivity contribution in [1.29, 1.82) is 0 Å². The maximum Gasteiger partial charge on any atom is 0.276 e. The smallest absolute Gasteiger partial charge is 0.276 e. The summed E-state index contributed by atoms with van der Waals surface area (Å²) in [5, 5.41) is 9.91. The van der Waals surface area contributed by atoms with Crippen LogP contribution in [0.3, 0.4) is 0 Å². The van der Waals surface area contributed by atoms with Crippen molar-refractivity contribution in [3.8, 4) is 5.75 Å². The summed E-state index contributed by atoms with van der Waals surface area (Å²) in [4.78, 5) is 0. The summed E-state index contributed by atoms with van der Waals surface area (Å²) in [6, 6.07) is 13.2. The lowest BCUT2D eigenvalue weighted by Gasteiger charge is -2.05. The molecule has 2 aromatic carbocycles. The minimum Gasteiger partial charge on any atom is -0.496 e. The minimum atomic E-state index is 0.505. The second kappa shape index (κ2) is 7.92. The summed E-state index contributed by atoms with van der Waals surface area (Å²) in [5.74, 6) is 1.98. The van der Waals surface area contributed by atoms with Gasteiger partial charge in [-0.05, 0) is 23.8 Å². The zero-order valence-corrected chi connectivity index (χ0v) is 15.2. The van der Waals surface area contributed by atoms with Gasteiger partial charge >= 0.3 is 0 Å². The van der Waals surface area contributed by atoms with Crippen LogP contribution in [-0.2, 0) is 12.2 Å². The minimum absolute atomic E-state index is 0.505. The van der Waals surface area contributed by atoms with Crippen molar-refractivity contribution in [1.82, 2.24) is 10.2 Å². The second-order valence-electron chi connectivity index (χ2n) is 4.97. The molecule has 0 spiro atoms. The molecule has 1 aromatic heterocycles. The molecule has 0 saturated carbocycles. The Balaban J connectivity index is 1.65. The van der Waals surface area contributed by atoms with E-state index in [9.17, 15) is 0 Å². The summed E-state index contributed by atoms with van der Waals surface area (Å²) in [7, 11) is 1.64. The second-order valence-corrected chi connectivity index (χ2v) is 6.74.